The standard InChI is InChI=1S/C9H13NO4.C6H16O3SSi/c1-13-6-7-14-5-4-10-8(11)2-3-9(10)12;1-7-11(8-2,9-3)6-4-5-10/h2-3H,4-7H2,1H3;10H,4-6H2,1-3H3. The molecular weight excluding hydrogens is 366 g/mol. The number of carbonyl (C=O) groups excluding carboxylic acids is 2. The molecule has 146 valence electrons. The molecule has 0 aromatic heterocycles. The van der Waals surface area contributed by atoms with Crippen LogP contribution in [0.4, 0.5) is 0 Å². The Labute approximate surface area is 156 Å². The first-order chi connectivity index (χ1) is 12.0. The smallest absolute Gasteiger partial charge is 0.382 e. The summed E-state index contributed by atoms with van der Waals surface area (Å²) < 4.78 is 25.5. The summed E-state index contributed by atoms with van der Waals surface area (Å²) in [6, 6.07) is 0.833. The van der Waals surface area contributed by atoms with Gasteiger partial charge in [-0.3, -0.25) is 14.5 Å². The van der Waals surface area contributed by atoms with Gasteiger partial charge in [-0.05, 0) is 12.2 Å². The number of ether oxygens (including phenoxy) is 2. The third-order valence-electron chi connectivity index (χ3n) is 3.37. The summed E-state index contributed by atoms with van der Waals surface area (Å²) in [4.78, 5) is 23.2. The Balaban J connectivity index is 0.000000477. The van der Waals surface area contributed by atoms with Gasteiger partial charge in [0.2, 0.25) is 0 Å². The van der Waals surface area contributed by atoms with E-state index in [9.17, 15) is 9.59 Å². The molecule has 0 fully saturated rings. The first-order valence-corrected chi connectivity index (χ1v) is 10.4. The van der Waals surface area contributed by atoms with E-state index in [-0.39, 0.29) is 11.8 Å². The molecule has 0 aromatic carbocycles. The minimum Gasteiger partial charge on any atom is -0.382 e. The van der Waals surface area contributed by atoms with Gasteiger partial charge in [-0.25, -0.2) is 0 Å². The molecule has 8 nitrogen and oxygen atoms in total. The van der Waals surface area contributed by atoms with Crippen LogP contribution in [-0.4, -0.2) is 86.1 Å². The minimum absolute atomic E-state index is 0.273. The Morgan fingerprint density at radius 2 is 1.52 bits per heavy atom. The van der Waals surface area contributed by atoms with Crippen molar-refractivity contribution in [3.8, 4) is 0 Å². The lowest BCUT2D eigenvalue weighted by molar-refractivity contribution is -0.137. The van der Waals surface area contributed by atoms with Gasteiger partial charge in [-0.15, -0.1) is 0 Å². The van der Waals surface area contributed by atoms with E-state index in [1.54, 1.807) is 28.4 Å². The number of hydrogen-bond donors (Lipinski definition) is 1. The lowest BCUT2D eigenvalue weighted by atomic mass is 10.5. The molecule has 0 aliphatic carbocycles. The first kappa shape index (κ1) is 24.2. The molecule has 2 amide bonds. The molecule has 0 aromatic rings. The summed E-state index contributed by atoms with van der Waals surface area (Å²) in [6.45, 7) is 1.64. The molecular formula is C15H29NO7SSi. The average Bonchev–Trinajstić information content (AvgIpc) is 2.95. The van der Waals surface area contributed by atoms with Crippen molar-refractivity contribution >= 4 is 33.2 Å². The topological polar surface area (TPSA) is 83.5 Å². The Bertz CT molecular complexity index is 392. The molecule has 1 heterocycles. The number of rotatable bonds is 12. The number of amides is 2. The summed E-state index contributed by atoms with van der Waals surface area (Å²) in [5.74, 6) is 0.292. The van der Waals surface area contributed by atoms with Gasteiger partial charge in [0.1, 0.15) is 0 Å². The van der Waals surface area contributed by atoms with Crippen LogP contribution in [0, 0.1) is 0 Å². The zero-order chi connectivity index (χ0) is 19.1. The molecule has 0 N–H and O–H groups in total. The zero-order valence-electron chi connectivity index (χ0n) is 15.4. The van der Waals surface area contributed by atoms with E-state index in [1.165, 1.54) is 12.2 Å². The normalized spacial score (nSPS) is 14.0. The van der Waals surface area contributed by atoms with Crippen LogP contribution in [-0.2, 0) is 32.3 Å². The fourth-order valence-electron chi connectivity index (χ4n) is 1.90. The van der Waals surface area contributed by atoms with Crippen LogP contribution in [0.25, 0.3) is 0 Å². The maximum absolute atomic E-state index is 11.0. The van der Waals surface area contributed by atoms with Crippen LogP contribution in [0.3, 0.4) is 0 Å². The number of imide groups is 1. The van der Waals surface area contributed by atoms with Gasteiger partial charge < -0.3 is 22.8 Å². The lowest BCUT2D eigenvalue weighted by Gasteiger charge is -2.23. The number of methoxy groups -OCH3 is 1. The summed E-state index contributed by atoms with van der Waals surface area (Å²) >= 11 is 4.10. The number of carbonyl (C=O) groups is 2. The van der Waals surface area contributed by atoms with Gasteiger partial charge in [0.25, 0.3) is 11.8 Å². The summed E-state index contributed by atoms with van der Waals surface area (Å²) in [7, 11) is 4.17. The van der Waals surface area contributed by atoms with Crippen molar-refractivity contribution in [3.63, 3.8) is 0 Å². The molecule has 10 heteroatoms. The summed E-state index contributed by atoms with van der Waals surface area (Å²) in [6.07, 6.45) is 3.49. The highest BCUT2D eigenvalue weighted by molar-refractivity contribution is 7.80. The number of hydrogen-bond acceptors (Lipinski definition) is 8. The van der Waals surface area contributed by atoms with Crippen molar-refractivity contribution in [3.05, 3.63) is 12.2 Å². The van der Waals surface area contributed by atoms with E-state index in [0.717, 1.165) is 23.1 Å². The van der Waals surface area contributed by atoms with E-state index in [0.29, 0.717) is 26.4 Å². The van der Waals surface area contributed by atoms with Gasteiger partial charge >= 0.3 is 8.80 Å². The Morgan fingerprint density at radius 1 is 0.960 bits per heavy atom. The second-order valence-corrected chi connectivity index (χ2v) is 8.43. The highest BCUT2D eigenvalue weighted by Gasteiger charge is 2.36. The van der Waals surface area contributed by atoms with Gasteiger partial charge in [-0.2, -0.15) is 12.6 Å². The third kappa shape index (κ3) is 9.49. The number of nitrogens with zero attached hydrogens (tertiary/aromatic N) is 1. The van der Waals surface area contributed by atoms with Crippen molar-refractivity contribution < 1.29 is 32.3 Å². The Kier molecular flexibility index (Phi) is 14.0. The maximum atomic E-state index is 11.0. The van der Waals surface area contributed by atoms with Crippen molar-refractivity contribution in [1.82, 2.24) is 4.90 Å². The molecule has 1 rings (SSSR count). The molecule has 1 aliphatic rings. The van der Waals surface area contributed by atoms with Crippen LogP contribution in [0.1, 0.15) is 6.42 Å². The summed E-state index contributed by atoms with van der Waals surface area (Å²) in [5.41, 5.74) is 0. The molecule has 0 saturated heterocycles. The van der Waals surface area contributed by atoms with Crippen molar-refractivity contribution in [1.29, 1.82) is 0 Å². The van der Waals surface area contributed by atoms with Gasteiger partial charge in [0.05, 0.1) is 26.4 Å². The molecule has 0 atom stereocenters. The van der Waals surface area contributed by atoms with E-state index < -0.39 is 8.80 Å². The molecule has 25 heavy (non-hydrogen) atoms. The van der Waals surface area contributed by atoms with E-state index in [2.05, 4.69) is 12.6 Å². The molecule has 1 aliphatic heterocycles. The van der Waals surface area contributed by atoms with Crippen molar-refractivity contribution in [2.45, 2.75) is 12.5 Å². The largest absolute Gasteiger partial charge is 0.500 e. The van der Waals surface area contributed by atoms with Crippen LogP contribution in [0.2, 0.25) is 6.04 Å². The van der Waals surface area contributed by atoms with E-state index in [1.807, 2.05) is 0 Å². The molecule has 0 unspecified atom stereocenters. The van der Waals surface area contributed by atoms with E-state index >= 15 is 0 Å². The fourth-order valence-corrected chi connectivity index (χ4v) is 4.08. The quantitative estimate of drug-likeness (QED) is 0.226. The number of thiol groups is 1. The van der Waals surface area contributed by atoms with Gasteiger partial charge in [-0.1, -0.05) is 0 Å². The highest BCUT2D eigenvalue weighted by atomic mass is 32.1. The van der Waals surface area contributed by atoms with Crippen LogP contribution >= 0.6 is 12.6 Å². The van der Waals surface area contributed by atoms with Crippen LogP contribution in [0.5, 0.6) is 0 Å². The second kappa shape index (κ2) is 14.4. The van der Waals surface area contributed by atoms with Crippen molar-refractivity contribution in [2.24, 2.45) is 0 Å². The second-order valence-electron chi connectivity index (χ2n) is 4.89. The highest BCUT2D eigenvalue weighted by Crippen LogP contribution is 2.14. The molecule has 0 bridgehead atoms. The third-order valence-corrected chi connectivity index (χ3v) is 6.51. The first-order valence-electron chi connectivity index (χ1n) is 7.86. The minimum atomic E-state index is -2.29. The Hall–Kier alpha value is -0.753. The molecule has 0 spiro atoms. The maximum Gasteiger partial charge on any atom is 0.500 e. The van der Waals surface area contributed by atoms with Gasteiger partial charge in [0, 0.05) is 46.6 Å². The van der Waals surface area contributed by atoms with Gasteiger partial charge in [0.15, 0.2) is 0 Å². The molecule has 0 saturated carbocycles. The Morgan fingerprint density at radius 3 is 1.96 bits per heavy atom. The van der Waals surface area contributed by atoms with Crippen LogP contribution < -0.4 is 0 Å². The van der Waals surface area contributed by atoms with Crippen LogP contribution in [0.15, 0.2) is 12.2 Å². The van der Waals surface area contributed by atoms with Crippen molar-refractivity contribution in [2.75, 3.05) is 60.6 Å². The summed E-state index contributed by atoms with van der Waals surface area (Å²) in [5, 5.41) is 0. The SMILES string of the molecule is COCCOCCN1C(=O)C=CC1=O.CO[Si](CCCS)(OC)OC. The fraction of sp³-hybridized carbons (Fsp3) is 0.733. The zero-order valence-corrected chi connectivity index (χ0v) is 17.3. The predicted molar refractivity (Wildman–Crippen MR) is 98.6 cm³/mol. The van der Waals surface area contributed by atoms with E-state index in [4.69, 9.17) is 22.8 Å². The monoisotopic (exact) mass is 395 g/mol. The average molecular weight is 396 g/mol. The predicted octanol–water partition coefficient (Wildman–Crippen LogP) is 0.759. The molecule has 0 radical (unpaired) electrons. The lowest BCUT2D eigenvalue weighted by Crippen LogP contribution is -2.42.